The molecule has 0 saturated carbocycles. The van der Waals surface area contributed by atoms with Crippen LogP contribution in [0.15, 0.2) is 72.2 Å². The average molecular weight is 543 g/mol. The van der Waals surface area contributed by atoms with Gasteiger partial charge in [0.2, 0.25) is 0 Å². The Balaban J connectivity index is 1.43. The molecule has 3 aromatic rings. The lowest BCUT2D eigenvalue weighted by Gasteiger charge is -2.20. The van der Waals surface area contributed by atoms with Crippen LogP contribution >= 0.6 is 0 Å². The van der Waals surface area contributed by atoms with Gasteiger partial charge in [-0.1, -0.05) is 36.2 Å². The Morgan fingerprint density at radius 2 is 1.93 bits per heavy atom. The van der Waals surface area contributed by atoms with Crippen molar-refractivity contribution in [3.05, 3.63) is 94.4 Å². The molecule has 0 bridgehead atoms. The van der Waals surface area contributed by atoms with Crippen LogP contribution in [0.1, 0.15) is 47.3 Å². The molecule has 40 heavy (non-hydrogen) atoms. The number of nitrogens with zero attached hydrogens (tertiary/aromatic N) is 6. The number of carbonyl (C=O) groups is 1. The van der Waals surface area contributed by atoms with Crippen LogP contribution in [-0.2, 0) is 6.54 Å². The minimum absolute atomic E-state index is 0.0932. The molecule has 0 aliphatic rings. The summed E-state index contributed by atoms with van der Waals surface area (Å²) in [7, 11) is 1.63. The lowest BCUT2D eigenvalue weighted by Crippen LogP contribution is -2.37. The van der Waals surface area contributed by atoms with Gasteiger partial charge in [0.1, 0.15) is 23.6 Å². The number of rotatable bonds is 15. The maximum atomic E-state index is 12.8. The van der Waals surface area contributed by atoms with Crippen LogP contribution in [0.5, 0.6) is 5.75 Å². The van der Waals surface area contributed by atoms with Crippen LogP contribution in [0, 0.1) is 10.8 Å². The van der Waals surface area contributed by atoms with Crippen molar-refractivity contribution in [1.29, 1.82) is 10.8 Å². The summed E-state index contributed by atoms with van der Waals surface area (Å²) in [5, 5.41) is 26.2. The SMILES string of the molecule is CN(C(=N)CNc1cccc(C(=O)NCc2cccc(OCCCCCCN=[N+]=[N-])c2)c1)C(=N)c1ccncn1. The van der Waals surface area contributed by atoms with Crippen molar-refractivity contribution in [2.75, 3.05) is 32.1 Å². The molecule has 1 aromatic heterocycles. The van der Waals surface area contributed by atoms with Gasteiger partial charge in [0.15, 0.2) is 5.84 Å². The number of hydrogen-bond donors (Lipinski definition) is 4. The van der Waals surface area contributed by atoms with E-state index in [-0.39, 0.29) is 24.1 Å². The first kappa shape index (κ1) is 29.6. The van der Waals surface area contributed by atoms with Gasteiger partial charge in [0.05, 0.1) is 13.2 Å². The molecule has 1 amide bonds. The molecule has 12 heteroatoms. The van der Waals surface area contributed by atoms with Crippen LogP contribution in [-0.4, -0.2) is 59.2 Å². The molecular formula is C28H34N10O2. The number of likely N-dealkylation sites (N-methyl/N-ethyl adjacent to an activating group) is 1. The Morgan fingerprint density at radius 3 is 2.73 bits per heavy atom. The fourth-order valence-corrected chi connectivity index (χ4v) is 3.71. The van der Waals surface area contributed by atoms with Crippen molar-refractivity contribution in [2.45, 2.75) is 32.2 Å². The molecule has 0 atom stereocenters. The molecule has 2 aromatic carbocycles. The highest BCUT2D eigenvalue weighted by Gasteiger charge is 2.13. The monoisotopic (exact) mass is 542 g/mol. The number of anilines is 1. The highest BCUT2D eigenvalue weighted by molar-refractivity contribution is 6.06. The summed E-state index contributed by atoms with van der Waals surface area (Å²) in [5.74, 6) is 0.808. The van der Waals surface area contributed by atoms with Crippen molar-refractivity contribution in [2.24, 2.45) is 5.11 Å². The molecule has 0 saturated heterocycles. The van der Waals surface area contributed by atoms with E-state index < -0.39 is 0 Å². The first-order valence-electron chi connectivity index (χ1n) is 13.0. The third kappa shape index (κ3) is 9.73. The second kappa shape index (κ2) is 16.1. The van der Waals surface area contributed by atoms with E-state index in [4.69, 9.17) is 21.1 Å². The minimum Gasteiger partial charge on any atom is -0.494 e. The second-order valence-electron chi connectivity index (χ2n) is 8.93. The molecule has 0 spiro atoms. The molecule has 0 aliphatic heterocycles. The number of amides is 1. The fraction of sp³-hybridized carbons (Fsp3) is 0.321. The van der Waals surface area contributed by atoms with E-state index in [1.807, 2.05) is 30.3 Å². The van der Waals surface area contributed by atoms with Crippen LogP contribution < -0.4 is 15.4 Å². The summed E-state index contributed by atoms with van der Waals surface area (Å²) in [6, 6.07) is 16.3. The van der Waals surface area contributed by atoms with Gasteiger partial charge in [0.25, 0.3) is 5.91 Å². The van der Waals surface area contributed by atoms with E-state index in [0.717, 1.165) is 37.0 Å². The van der Waals surface area contributed by atoms with Crippen molar-refractivity contribution >= 4 is 23.3 Å². The molecule has 1 heterocycles. The zero-order chi connectivity index (χ0) is 28.6. The molecule has 12 nitrogen and oxygen atoms in total. The highest BCUT2D eigenvalue weighted by atomic mass is 16.5. The summed E-state index contributed by atoms with van der Waals surface area (Å²) in [4.78, 5) is 24.9. The van der Waals surface area contributed by atoms with Crippen molar-refractivity contribution in [1.82, 2.24) is 20.2 Å². The van der Waals surface area contributed by atoms with Crippen LogP contribution in [0.2, 0.25) is 0 Å². The smallest absolute Gasteiger partial charge is 0.251 e. The van der Waals surface area contributed by atoms with Gasteiger partial charge in [-0.2, -0.15) is 0 Å². The Morgan fingerprint density at radius 1 is 1.10 bits per heavy atom. The van der Waals surface area contributed by atoms with E-state index in [0.29, 0.717) is 36.6 Å². The third-order valence-corrected chi connectivity index (χ3v) is 5.99. The number of unbranched alkanes of at least 4 members (excludes halogenated alkanes) is 3. The maximum Gasteiger partial charge on any atom is 0.251 e. The van der Waals surface area contributed by atoms with E-state index >= 15 is 0 Å². The van der Waals surface area contributed by atoms with E-state index in [9.17, 15) is 4.79 Å². The third-order valence-electron chi connectivity index (χ3n) is 5.99. The van der Waals surface area contributed by atoms with Gasteiger partial charge < -0.3 is 20.3 Å². The molecule has 0 fully saturated rings. The molecule has 0 unspecified atom stereocenters. The molecule has 3 rings (SSSR count). The van der Waals surface area contributed by atoms with Gasteiger partial charge in [-0.25, -0.2) is 9.97 Å². The van der Waals surface area contributed by atoms with Crippen LogP contribution in [0.3, 0.4) is 0 Å². The topological polar surface area (TPSA) is 176 Å². The first-order valence-corrected chi connectivity index (χ1v) is 13.0. The Labute approximate surface area is 233 Å². The fourth-order valence-electron chi connectivity index (χ4n) is 3.71. The van der Waals surface area contributed by atoms with Gasteiger partial charge >= 0.3 is 0 Å². The summed E-state index contributed by atoms with van der Waals surface area (Å²) >= 11 is 0. The Bertz CT molecular complexity index is 1330. The van der Waals surface area contributed by atoms with E-state index in [1.165, 1.54) is 11.2 Å². The number of carbonyl (C=O) groups excluding carboxylic acids is 1. The van der Waals surface area contributed by atoms with Crippen molar-refractivity contribution in [3.63, 3.8) is 0 Å². The Hall–Kier alpha value is -4.96. The molecule has 0 aliphatic carbocycles. The lowest BCUT2D eigenvalue weighted by atomic mass is 10.1. The molecule has 4 N–H and O–H groups in total. The van der Waals surface area contributed by atoms with E-state index in [2.05, 4.69) is 30.6 Å². The van der Waals surface area contributed by atoms with Crippen molar-refractivity contribution in [3.8, 4) is 5.75 Å². The largest absolute Gasteiger partial charge is 0.494 e. The second-order valence-corrected chi connectivity index (χ2v) is 8.93. The normalized spacial score (nSPS) is 10.2. The van der Waals surface area contributed by atoms with Crippen molar-refractivity contribution < 1.29 is 9.53 Å². The zero-order valence-electron chi connectivity index (χ0n) is 22.5. The number of azide groups is 1. The van der Waals surface area contributed by atoms with Crippen LogP contribution in [0.25, 0.3) is 10.4 Å². The maximum absolute atomic E-state index is 12.8. The predicted octanol–water partition coefficient (Wildman–Crippen LogP) is 5.00. The predicted molar refractivity (Wildman–Crippen MR) is 155 cm³/mol. The number of benzene rings is 2. The summed E-state index contributed by atoms with van der Waals surface area (Å²) < 4.78 is 5.84. The molecular weight excluding hydrogens is 508 g/mol. The Kier molecular flexibility index (Phi) is 11.9. The van der Waals surface area contributed by atoms with E-state index in [1.54, 1.807) is 37.5 Å². The summed E-state index contributed by atoms with van der Waals surface area (Å²) in [6.07, 6.45) is 6.73. The highest BCUT2D eigenvalue weighted by Crippen LogP contribution is 2.15. The number of hydrogen-bond acceptors (Lipinski definition) is 8. The summed E-state index contributed by atoms with van der Waals surface area (Å²) in [5.41, 5.74) is 10.8. The number of nitrogens with one attached hydrogen (secondary N) is 4. The van der Waals surface area contributed by atoms with Gasteiger partial charge in [-0.3, -0.25) is 15.6 Å². The standard InChI is InChI=1S/C28H34N10O2/c1-38(27(30)25-12-14-32-20-35-25)26(29)19-33-23-10-7-9-22(17-23)28(39)34-18-21-8-6-11-24(16-21)40-15-5-3-2-4-13-36-37-31/h6-12,14,16-17,20,29-30,33H,2-5,13,15,18-19H2,1H3,(H,34,39). The minimum atomic E-state index is -0.214. The van der Waals surface area contributed by atoms with Gasteiger partial charge in [-0.05, 0) is 60.3 Å². The quantitative estimate of drug-likeness (QED) is 0.0524. The number of amidine groups is 2. The summed E-state index contributed by atoms with van der Waals surface area (Å²) in [6.45, 7) is 1.66. The van der Waals surface area contributed by atoms with Crippen LogP contribution in [0.4, 0.5) is 5.69 Å². The zero-order valence-corrected chi connectivity index (χ0v) is 22.5. The number of ether oxygens (including phenoxy) is 1. The van der Waals surface area contributed by atoms with Gasteiger partial charge in [-0.15, -0.1) is 0 Å². The average Bonchev–Trinajstić information content (AvgIpc) is 3.00. The molecule has 0 radical (unpaired) electrons. The number of aromatic nitrogens is 2. The first-order chi connectivity index (χ1) is 19.5. The lowest BCUT2D eigenvalue weighted by molar-refractivity contribution is 0.0951. The molecule has 208 valence electrons. The van der Waals surface area contributed by atoms with Gasteiger partial charge in [0, 0.05) is 42.5 Å².